The van der Waals surface area contributed by atoms with Crippen molar-refractivity contribution in [1.82, 2.24) is 25.2 Å². The number of hydrogen-bond donors (Lipinski definition) is 2. The van der Waals surface area contributed by atoms with E-state index in [1.54, 1.807) is 6.07 Å². The highest BCUT2D eigenvalue weighted by Crippen LogP contribution is 2.46. The molecule has 5 aliphatic rings. The molecule has 12 heteroatoms. The number of pyridine rings is 1. The Morgan fingerprint density at radius 2 is 2.09 bits per heavy atom. The van der Waals surface area contributed by atoms with Crippen LogP contribution in [0.5, 0.6) is 17.6 Å². The molecule has 47 heavy (non-hydrogen) atoms. The highest BCUT2D eigenvalue weighted by atomic mass is 35.5. The summed E-state index contributed by atoms with van der Waals surface area (Å²) in [5, 5.41) is 16.4. The summed E-state index contributed by atoms with van der Waals surface area (Å²) in [6, 6.07) is 7.27. The molecule has 7 heterocycles. The number of fused-ring (bicyclic) bond motifs is 7. The minimum absolute atomic E-state index is 0.0162. The zero-order chi connectivity index (χ0) is 32.2. The van der Waals surface area contributed by atoms with Gasteiger partial charge in [0.25, 0.3) is 0 Å². The Bertz CT molecular complexity index is 2000. The van der Waals surface area contributed by atoms with E-state index in [9.17, 15) is 9.50 Å². The van der Waals surface area contributed by atoms with Crippen LogP contribution >= 0.6 is 11.6 Å². The first-order chi connectivity index (χ1) is 22.7. The van der Waals surface area contributed by atoms with Crippen molar-refractivity contribution in [2.45, 2.75) is 68.9 Å². The number of ether oxygens (including phenoxy) is 2. The average molecular weight is 661 g/mol. The Morgan fingerprint density at radius 1 is 1.21 bits per heavy atom. The highest BCUT2D eigenvalue weighted by molar-refractivity contribution is 6.49. The fourth-order valence-electron chi connectivity index (χ4n) is 8.90. The zero-order valence-corrected chi connectivity index (χ0v) is 26.8. The quantitative estimate of drug-likeness (QED) is 0.273. The standard InChI is InChI=1S/C35H35ClF2N6O3/c1-17-4-5-19-10-22(45)11-23(27(19)26(17)18(2)36)30-29(38)31-28-32(44-14-21-6-7-24(39-21)25(44)15-46-33(28)40-30)42-34(41-31)47-16-35-8-3-9-43(35)13-20(37)12-35/h4-5,10-11,20-21,24-25,39,45H,2-3,6-9,12-16H2,1H3/t20-,21+,24-,25-,35+/m1/s1. The second-order valence-corrected chi connectivity index (χ2v) is 14.3. The van der Waals surface area contributed by atoms with Crippen LogP contribution in [0.1, 0.15) is 43.2 Å². The number of phenols is 1. The van der Waals surface area contributed by atoms with E-state index in [1.165, 1.54) is 6.07 Å². The van der Waals surface area contributed by atoms with Crippen LogP contribution in [-0.2, 0) is 0 Å². The maximum atomic E-state index is 17.2. The van der Waals surface area contributed by atoms with E-state index < -0.39 is 17.5 Å². The molecular weight excluding hydrogens is 626 g/mol. The third-order valence-corrected chi connectivity index (χ3v) is 11.2. The van der Waals surface area contributed by atoms with Crippen molar-refractivity contribution >= 4 is 44.1 Å². The second kappa shape index (κ2) is 10.6. The molecule has 0 saturated carbocycles. The number of hydrogen-bond acceptors (Lipinski definition) is 9. The molecular formula is C35H35ClF2N6O3. The van der Waals surface area contributed by atoms with Crippen LogP contribution < -0.4 is 19.7 Å². The van der Waals surface area contributed by atoms with Gasteiger partial charge in [-0.3, -0.25) is 4.90 Å². The number of aryl methyl sites for hydroxylation is 1. The van der Waals surface area contributed by atoms with E-state index in [1.807, 2.05) is 19.1 Å². The number of piperazine rings is 1. The van der Waals surface area contributed by atoms with Gasteiger partial charge in [-0.2, -0.15) is 9.97 Å². The summed E-state index contributed by atoms with van der Waals surface area (Å²) in [6.07, 6.45) is 3.33. The van der Waals surface area contributed by atoms with Crippen LogP contribution in [0.3, 0.4) is 0 Å². The number of aromatic nitrogens is 3. The highest BCUT2D eigenvalue weighted by Gasteiger charge is 2.50. The maximum Gasteiger partial charge on any atom is 0.319 e. The second-order valence-electron chi connectivity index (χ2n) is 13.8. The summed E-state index contributed by atoms with van der Waals surface area (Å²) in [7, 11) is 0. The molecule has 5 atom stereocenters. The van der Waals surface area contributed by atoms with Crippen LogP contribution in [0.4, 0.5) is 14.6 Å². The molecule has 0 unspecified atom stereocenters. The molecule has 9 nitrogen and oxygen atoms in total. The van der Waals surface area contributed by atoms with Crippen molar-refractivity contribution in [2.24, 2.45) is 0 Å². The lowest BCUT2D eigenvalue weighted by Crippen LogP contribution is -2.60. The van der Waals surface area contributed by atoms with E-state index in [4.69, 9.17) is 31.0 Å². The van der Waals surface area contributed by atoms with Gasteiger partial charge in [0, 0.05) is 53.1 Å². The number of halogens is 3. The molecule has 0 spiro atoms. The summed E-state index contributed by atoms with van der Waals surface area (Å²) in [6.45, 7) is 8.33. The predicted molar refractivity (Wildman–Crippen MR) is 177 cm³/mol. The molecule has 2 N–H and O–H groups in total. The molecule has 2 aromatic carbocycles. The Morgan fingerprint density at radius 3 is 2.94 bits per heavy atom. The van der Waals surface area contributed by atoms with Crippen molar-refractivity contribution < 1.29 is 23.4 Å². The van der Waals surface area contributed by atoms with Gasteiger partial charge in [0.2, 0.25) is 5.88 Å². The van der Waals surface area contributed by atoms with E-state index in [-0.39, 0.29) is 58.6 Å². The Hall–Kier alpha value is -3.80. The van der Waals surface area contributed by atoms with Crippen molar-refractivity contribution in [1.29, 1.82) is 0 Å². The molecule has 2 aromatic heterocycles. The van der Waals surface area contributed by atoms with Gasteiger partial charge >= 0.3 is 6.01 Å². The Kier molecular flexibility index (Phi) is 6.62. The van der Waals surface area contributed by atoms with Crippen LogP contribution in [0.2, 0.25) is 0 Å². The van der Waals surface area contributed by atoms with Gasteiger partial charge in [-0.05, 0) is 62.2 Å². The van der Waals surface area contributed by atoms with Gasteiger partial charge < -0.3 is 24.8 Å². The largest absolute Gasteiger partial charge is 0.508 e. The zero-order valence-electron chi connectivity index (χ0n) is 26.0. The first-order valence-corrected chi connectivity index (χ1v) is 16.8. The monoisotopic (exact) mass is 660 g/mol. The minimum Gasteiger partial charge on any atom is -0.508 e. The van der Waals surface area contributed by atoms with Gasteiger partial charge in [-0.25, -0.2) is 13.8 Å². The van der Waals surface area contributed by atoms with Crippen LogP contribution in [0.25, 0.3) is 38.0 Å². The van der Waals surface area contributed by atoms with Gasteiger partial charge in [-0.15, -0.1) is 0 Å². The molecule has 4 aromatic rings. The number of benzene rings is 2. The van der Waals surface area contributed by atoms with E-state index in [0.717, 1.165) is 37.8 Å². The van der Waals surface area contributed by atoms with Gasteiger partial charge in [0.15, 0.2) is 5.82 Å². The lowest BCUT2D eigenvalue weighted by Gasteiger charge is -2.40. The molecule has 2 bridgehead atoms. The lowest BCUT2D eigenvalue weighted by molar-refractivity contribution is 0.107. The molecule has 0 aliphatic carbocycles. The van der Waals surface area contributed by atoms with Crippen molar-refractivity contribution in [3.8, 4) is 28.9 Å². The van der Waals surface area contributed by atoms with Crippen LogP contribution in [0, 0.1) is 12.7 Å². The first-order valence-electron chi connectivity index (χ1n) is 16.4. The molecule has 9 rings (SSSR count). The number of nitrogens with one attached hydrogen (secondary N) is 1. The molecule has 4 saturated heterocycles. The predicted octanol–water partition coefficient (Wildman–Crippen LogP) is 5.86. The Labute approximate surface area is 275 Å². The summed E-state index contributed by atoms with van der Waals surface area (Å²) < 4.78 is 44.5. The number of alkyl halides is 1. The fourth-order valence-corrected chi connectivity index (χ4v) is 9.14. The average Bonchev–Trinajstić information content (AvgIpc) is 3.67. The number of nitrogens with zero attached hydrogens (tertiary/aromatic N) is 5. The van der Waals surface area contributed by atoms with E-state index in [2.05, 4.69) is 26.7 Å². The first kappa shape index (κ1) is 29.3. The normalized spacial score (nSPS) is 28.0. The lowest BCUT2D eigenvalue weighted by atomic mass is 9.93. The molecule has 0 amide bonds. The Balaban J connectivity index is 1.25. The summed E-state index contributed by atoms with van der Waals surface area (Å²) >= 11 is 6.52. The third kappa shape index (κ3) is 4.49. The summed E-state index contributed by atoms with van der Waals surface area (Å²) in [5.74, 6) is 0.00342. The number of phenolic OH excluding ortho intramolecular Hbond substituents is 1. The molecule has 0 radical (unpaired) electrons. The van der Waals surface area contributed by atoms with Crippen molar-refractivity contribution in [3.63, 3.8) is 0 Å². The topological polar surface area (TPSA) is 95.9 Å². The van der Waals surface area contributed by atoms with Crippen molar-refractivity contribution in [3.05, 3.63) is 47.8 Å². The SMILES string of the molecule is C=C(Cl)c1c(C)ccc2cc(O)cc(-c3nc4c5c(nc(OC[C@@]67CCCN6C[C@H](F)C7)nc5c3F)N3C[C@@H]5CC[C@@H](N5)[C@H]3CO4)c12. The number of rotatable bonds is 5. The van der Waals surface area contributed by atoms with Crippen LogP contribution in [0.15, 0.2) is 30.8 Å². The summed E-state index contributed by atoms with van der Waals surface area (Å²) in [4.78, 5) is 18.8. The number of anilines is 1. The minimum atomic E-state index is -0.904. The van der Waals surface area contributed by atoms with E-state index in [0.29, 0.717) is 59.2 Å². The molecule has 4 fully saturated rings. The number of aromatic hydroxyl groups is 1. The van der Waals surface area contributed by atoms with Gasteiger partial charge in [0.05, 0.1) is 11.6 Å². The van der Waals surface area contributed by atoms with Gasteiger partial charge in [0.1, 0.15) is 47.5 Å². The van der Waals surface area contributed by atoms with Crippen molar-refractivity contribution in [2.75, 3.05) is 37.7 Å². The third-order valence-electron chi connectivity index (χ3n) is 11.0. The maximum absolute atomic E-state index is 17.2. The molecule has 5 aliphatic heterocycles. The molecule has 244 valence electrons. The van der Waals surface area contributed by atoms with Crippen LogP contribution in [-0.4, -0.2) is 87.6 Å². The van der Waals surface area contributed by atoms with Gasteiger partial charge in [-0.1, -0.05) is 30.3 Å². The summed E-state index contributed by atoms with van der Waals surface area (Å²) in [5.41, 5.74) is 1.39. The smallest absolute Gasteiger partial charge is 0.319 e. The van der Waals surface area contributed by atoms with E-state index >= 15 is 4.39 Å². The fraction of sp³-hybridized carbons (Fsp3) is 0.457.